The van der Waals surface area contributed by atoms with Gasteiger partial charge in [-0.15, -0.1) is 0 Å². The van der Waals surface area contributed by atoms with Gasteiger partial charge in [-0.3, -0.25) is 24.8 Å². The van der Waals surface area contributed by atoms with Crippen molar-refractivity contribution in [1.29, 1.82) is 0 Å². The molecule has 7 nitrogen and oxygen atoms in total. The fourth-order valence-electron chi connectivity index (χ4n) is 1.93. The molecule has 0 radical (unpaired) electrons. The average Bonchev–Trinajstić information content (AvgIpc) is 2.83. The summed E-state index contributed by atoms with van der Waals surface area (Å²) in [4.78, 5) is 28.2. The van der Waals surface area contributed by atoms with Crippen LogP contribution in [-0.4, -0.2) is 41.8 Å². The van der Waals surface area contributed by atoms with Crippen molar-refractivity contribution >= 4 is 17.4 Å². The number of hydrogen-bond acceptors (Lipinski definition) is 5. The van der Waals surface area contributed by atoms with E-state index in [0.29, 0.717) is 18.9 Å². The van der Waals surface area contributed by atoms with Gasteiger partial charge in [0.1, 0.15) is 5.84 Å². The third-order valence-corrected chi connectivity index (χ3v) is 2.92. The minimum absolute atomic E-state index is 0.133. The molecular weight excluding hydrogens is 250 g/mol. The first-order valence-electron chi connectivity index (χ1n) is 5.70. The first-order valence-corrected chi connectivity index (χ1v) is 5.70. The predicted octanol–water partition coefficient (Wildman–Crippen LogP) is 1.48. The minimum Gasteiger partial charge on any atom is -0.490 e. The van der Waals surface area contributed by atoms with Crippen LogP contribution in [0.1, 0.15) is 17.3 Å². The van der Waals surface area contributed by atoms with Crippen molar-refractivity contribution in [2.24, 2.45) is 4.99 Å². The van der Waals surface area contributed by atoms with Gasteiger partial charge in [-0.2, -0.15) is 0 Å². The minimum atomic E-state index is -0.569. The van der Waals surface area contributed by atoms with Crippen LogP contribution < -0.4 is 4.74 Å². The number of hydrogen-bond donors (Lipinski definition) is 0. The zero-order chi connectivity index (χ0) is 14.0. The maximum Gasteiger partial charge on any atom is 0.311 e. The summed E-state index contributed by atoms with van der Waals surface area (Å²) >= 11 is 0. The van der Waals surface area contributed by atoms with Crippen LogP contribution in [0.2, 0.25) is 0 Å². The number of rotatable bonds is 3. The van der Waals surface area contributed by atoms with Crippen LogP contribution in [0.15, 0.2) is 23.2 Å². The number of amidine groups is 1. The molecule has 1 aromatic carbocycles. The Labute approximate surface area is 109 Å². The molecule has 7 heteroatoms. The number of nitro groups is 1. The summed E-state index contributed by atoms with van der Waals surface area (Å²) in [5.41, 5.74) is 0.0334. The normalized spacial score (nSPS) is 14.2. The molecule has 0 saturated carbocycles. The Morgan fingerprint density at radius 1 is 1.53 bits per heavy atom. The molecule has 0 N–H and O–H groups in total. The average molecular weight is 263 g/mol. The number of benzene rings is 1. The van der Waals surface area contributed by atoms with Crippen LogP contribution in [0.25, 0.3) is 0 Å². The van der Waals surface area contributed by atoms with E-state index in [9.17, 15) is 14.9 Å². The molecule has 2 rings (SSSR count). The van der Waals surface area contributed by atoms with E-state index in [0.717, 1.165) is 0 Å². The van der Waals surface area contributed by atoms with Gasteiger partial charge in [0.05, 0.1) is 18.6 Å². The van der Waals surface area contributed by atoms with Crippen molar-refractivity contribution in [3.63, 3.8) is 0 Å². The van der Waals surface area contributed by atoms with Crippen LogP contribution in [0, 0.1) is 10.1 Å². The van der Waals surface area contributed by atoms with Gasteiger partial charge in [0.2, 0.25) is 0 Å². The fourth-order valence-corrected chi connectivity index (χ4v) is 1.93. The lowest BCUT2D eigenvalue weighted by molar-refractivity contribution is -0.385. The molecule has 1 aromatic rings. The van der Waals surface area contributed by atoms with E-state index in [1.54, 1.807) is 6.92 Å². The lowest BCUT2D eigenvalue weighted by atomic mass is 10.1. The van der Waals surface area contributed by atoms with Gasteiger partial charge in [-0.1, -0.05) is 0 Å². The maximum absolute atomic E-state index is 12.2. The van der Waals surface area contributed by atoms with E-state index in [1.807, 2.05) is 0 Å². The molecule has 0 unspecified atom stereocenters. The topological polar surface area (TPSA) is 85.0 Å². The van der Waals surface area contributed by atoms with Crippen molar-refractivity contribution in [2.45, 2.75) is 6.92 Å². The van der Waals surface area contributed by atoms with E-state index in [4.69, 9.17) is 4.74 Å². The number of ether oxygens (including phenoxy) is 1. The third-order valence-electron chi connectivity index (χ3n) is 2.92. The monoisotopic (exact) mass is 263 g/mol. The molecule has 0 saturated heterocycles. The van der Waals surface area contributed by atoms with Crippen molar-refractivity contribution in [2.75, 3.05) is 20.2 Å². The molecule has 100 valence electrons. The highest BCUT2D eigenvalue weighted by molar-refractivity contribution is 6.06. The molecule has 0 atom stereocenters. The molecule has 1 aliphatic heterocycles. The van der Waals surface area contributed by atoms with Gasteiger partial charge < -0.3 is 4.74 Å². The van der Waals surface area contributed by atoms with Gasteiger partial charge in [-0.05, 0) is 19.1 Å². The van der Waals surface area contributed by atoms with Gasteiger partial charge in [-0.25, -0.2) is 0 Å². The van der Waals surface area contributed by atoms with Gasteiger partial charge in [0.25, 0.3) is 5.91 Å². The summed E-state index contributed by atoms with van der Waals surface area (Å²) in [6, 6.07) is 4.17. The molecule has 1 amide bonds. The lowest BCUT2D eigenvalue weighted by Crippen LogP contribution is -2.32. The molecule has 1 aliphatic rings. The highest BCUT2D eigenvalue weighted by Crippen LogP contribution is 2.28. The highest BCUT2D eigenvalue weighted by atomic mass is 16.6. The van der Waals surface area contributed by atoms with Gasteiger partial charge >= 0.3 is 5.69 Å². The quantitative estimate of drug-likeness (QED) is 0.610. The number of carbonyl (C=O) groups excluding carboxylic acids is 1. The van der Waals surface area contributed by atoms with E-state index >= 15 is 0 Å². The Morgan fingerprint density at radius 3 is 2.79 bits per heavy atom. The standard InChI is InChI=1S/C12H13N3O4/c1-8-13-5-6-14(8)12(16)9-3-4-11(19-2)10(7-9)15(17)18/h3-4,7H,5-6H2,1-2H3. The van der Waals surface area contributed by atoms with Gasteiger partial charge in [0.15, 0.2) is 5.75 Å². The molecular formula is C12H13N3O4. The first-order chi connectivity index (χ1) is 9.04. The number of nitrogens with zero attached hydrogens (tertiary/aromatic N) is 3. The fraction of sp³-hybridized carbons (Fsp3) is 0.333. The molecule has 0 aromatic heterocycles. The zero-order valence-electron chi connectivity index (χ0n) is 10.6. The number of amides is 1. The molecule has 0 fully saturated rings. The van der Waals surface area contributed by atoms with E-state index in [2.05, 4.69) is 4.99 Å². The zero-order valence-corrected chi connectivity index (χ0v) is 10.6. The second-order valence-corrected chi connectivity index (χ2v) is 4.03. The number of aliphatic imine (C=N–C) groups is 1. The Hall–Kier alpha value is -2.44. The highest BCUT2D eigenvalue weighted by Gasteiger charge is 2.24. The van der Waals surface area contributed by atoms with Gasteiger partial charge in [0, 0.05) is 18.2 Å². The van der Waals surface area contributed by atoms with Crippen LogP contribution in [0.4, 0.5) is 5.69 Å². The van der Waals surface area contributed by atoms with Crippen LogP contribution in [0.5, 0.6) is 5.75 Å². The maximum atomic E-state index is 12.2. The summed E-state index contributed by atoms with van der Waals surface area (Å²) in [5, 5.41) is 10.9. The summed E-state index contributed by atoms with van der Waals surface area (Å²) in [6.07, 6.45) is 0. The number of nitro benzene ring substituents is 1. The Kier molecular flexibility index (Phi) is 3.46. The van der Waals surface area contributed by atoms with Crippen LogP contribution in [0.3, 0.4) is 0 Å². The van der Waals surface area contributed by atoms with Crippen molar-refractivity contribution < 1.29 is 14.5 Å². The number of carbonyl (C=O) groups is 1. The van der Waals surface area contributed by atoms with E-state index in [1.165, 1.54) is 30.2 Å². The summed E-state index contributed by atoms with van der Waals surface area (Å²) in [6.45, 7) is 2.81. The summed E-state index contributed by atoms with van der Waals surface area (Å²) in [5.74, 6) is 0.473. The SMILES string of the molecule is COc1ccc(C(=O)N2CCN=C2C)cc1[N+](=O)[O-]. The van der Waals surface area contributed by atoms with Crippen molar-refractivity contribution in [1.82, 2.24) is 4.90 Å². The second-order valence-electron chi connectivity index (χ2n) is 4.03. The summed E-state index contributed by atoms with van der Waals surface area (Å²) in [7, 11) is 1.35. The molecule has 0 spiro atoms. The Balaban J connectivity index is 2.35. The van der Waals surface area contributed by atoms with Crippen molar-refractivity contribution in [3.05, 3.63) is 33.9 Å². The third kappa shape index (κ3) is 2.40. The van der Waals surface area contributed by atoms with Crippen molar-refractivity contribution in [3.8, 4) is 5.75 Å². The second kappa shape index (κ2) is 5.05. The summed E-state index contributed by atoms with van der Waals surface area (Å²) < 4.78 is 4.90. The largest absolute Gasteiger partial charge is 0.490 e. The van der Waals surface area contributed by atoms with E-state index in [-0.39, 0.29) is 22.9 Å². The molecule has 19 heavy (non-hydrogen) atoms. The lowest BCUT2D eigenvalue weighted by Gasteiger charge is -2.16. The molecule has 1 heterocycles. The van der Waals surface area contributed by atoms with Crippen LogP contribution >= 0.6 is 0 Å². The molecule has 0 aliphatic carbocycles. The Bertz CT molecular complexity index is 568. The smallest absolute Gasteiger partial charge is 0.311 e. The van der Waals surface area contributed by atoms with E-state index < -0.39 is 4.92 Å². The first kappa shape index (κ1) is 13.0. The molecule has 0 bridgehead atoms. The Morgan fingerprint density at radius 2 is 2.26 bits per heavy atom. The van der Waals surface area contributed by atoms with Crippen LogP contribution in [-0.2, 0) is 0 Å². The number of methoxy groups -OCH3 is 1. The predicted molar refractivity (Wildman–Crippen MR) is 68.7 cm³/mol.